The fraction of sp³-hybridized carbons (Fsp3) is 0.462. The number of halogens is 2. The molecule has 0 aliphatic carbocycles. The molecule has 1 aliphatic heterocycles. The highest BCUT2D eigenvalue weighted by Crippen LogP contribution is 2.25. The fourth-order valence-corrected chi connectivity index (χ4v) is 2.39. The van der Waals surface area contributed by atoms with Gasteiger partial charge in [-0.05, 0) is 19.0 Å². The predicted octanol–water partition coefficient (Wildman–Crippen LogP) is 0.786. The van der Waals surface area contributed by atoms with Crippen LogP contribution < -0.4 is 11.1 Å². The van der Waals surface area contributed by atoms with Gasteiger partial charge in [-0.15, -0.1) is 0 Å². The Labute approximate surface area is 110 Å². The van der Waals surface area contributed by atoms with E-state index in [2.05, 4.69) is 5.32 Å². The van der Waals surface area contributed by atoms with Crippen molar-refractivity contribution in [3.05, 3.63) is 35.4 Å². The first-order valence-corrected chi connectivity index (χ1v) is 6.29. The lowest BCUT2D eigenvalue weighted by molar-refractivity contribution is -0.123. The lowest BCUT2D eigenvalue weighted by Crippen LogP contribution is -2.40. The molecule has 104 valence electrons. The Morgan fingerprint density at radius 2 is 2.11 bits per heavy atom. The van der Waals surface area contributed by atoms with E-state index in [4.69, 9.17) is 5.73 Å². The van der Waals surface area contributed by atoms with Gasteiger partial charge >= 0.3 is 0 Å². The van der Waals surface area contributed by atoms with Gasteiger partial charge in [0.05, 0.1) is 0 Å². The summed E-state index contributed by atoms with van der Waals surface area (Å²) in [7, 11) is 0. The number of nitrogens with zero attached hydrogens (tertiary/aromatic N) is 1. The molecule has 6 heteroatoms. The second kappa shape index (κ2) is 6.08. The summed E-state index contributed by atoms with van der Waals surface area (Å²) in [4.78, 5) is 13.4. The molecule has 1 atom stereocenters. The molecule has 3 N–H and O–H groups in total. The maximum Gasteiger partial charge on any atom is 0.239 e. The summed E-state index contributed by atoms with van der Waals surface area (Å²) < 4.78 is 27.1. The van der Waals surface area contributed by atoms with E-state index in [1.807, 2.05) is 0 Å². The van der Waals surface area contributed by atoms with Crippen LogP contribution in [0.3, 0.4) is 0 Å². The standard InChI is InChI=1S/C13H17F2N3O/c14-10-4-1-3-9(11(10)15)12(13(16)19)18-7-2-5-17-6-8-18/h1,3-4,12,17H,2,5-8H2,(H2,16,19). The van der Waals surface area contributed by atoms with Crippen LogP contribution in [0.5, 0.6) is 0 Å². The Balaban J connectivity index is 2.33. The van der Waals surface area contributed by atoms with Gasteiger partial charge in [0.15, 0.2) is 11.6 Å². The molecule has 1 aromatic rings. The molecule has 0 radical (unpaired) electrons. The maximum atomic E-state index is 13.8. The summed E-state index contributed by atoms with van der Waals surface area (Å²) in [5.74, 6) is -2.62. The minimum atomic E-state index is -0.997. The molecule has 1 fully saturated rings. The summed E-state index contributed by atoms with van der Waals surface area (Å²) in [5.41, 5.74) is 5.39. The lowest BCUT2D eigenvalue weighted by Gasteiger charge is -2.28. The minimum absolute atomic E-state index is 0.00870. The van der Waals surface area contributed by atoms with Crippen molar-refractivity contribution in [1.82, 2.24) is 10.2 Å². The number of benzene rings is 1. The van der Waals surface area contributed by atoms with Crippen LogP contribution in [-0.2, 0) is 4.79 Å². The molecule has 1 amide bonds. The number of carbonyl (C=O) groups excluding carboxylic acids is 1. The molecule has 1 aromatic carbocycles. The van der Waals surface area contributed by atoms with Crippen molar-refractivity contribution in [2.45, 2.75) is 12.5 Å². The number of rotatable bonds is 3. The third-order valence-electron chi connectivity index (χ3n) is 3.29. The zero-order chi connectivity index (χ0) is 13.8. The highest BCUT2D eigenvalue weighted by molar-refractivity contribution is 5.81. The van der Waals surface area contributed by atoms with Crippen molar-refractivity contribution < 1.29 is 13.6 Å². The van der Waals surface area contributed by atoms with Crippen molar-refractivity contribution in [3.8, 4) is 0 Å². The van der Waals surface area contributed by atoms with Crippen LogP contribution >= 0.6 is 0 Å². The zero-order valence-corrected chi connectivity index (χ0v) is 10.5. The topological polar surface area (TPSA) is 58.4 Å². The summed E-state index contributed by atoms with van der Waals surface area (Å²) >= 11 is 0. The Bertz CT molecular complexity index is 459. The Morgan fingerprint density at radius 3 is 2.84 bits per heavy atom. The van der Waals surface area contributed by atoms with Crippen LogP contribution in [-0.4, -0.2) is 37.0 Å². The van der Waals surface area contributed by atoms with Gasteiger partial charge < -0.3 is 11.1 Å². The first kappa shape index (κ1) is 13.9. The highest BCUT2D eigenvalue weighted by atomic mass is 19.2. The van der Waals surface area contributed by atoms with E-state index in [0.29, 0.717) is 19.6 Å². The number of primary amides is 1. The minimum Gasteiger partial charge on any atom is -0.368 e. The lowest BCUT2D eigenvalue weighted by atomic mass is 10.0. The highest BCUT2D eigenvalue weighted by Gasteiger charge is 2.29. The number of amides is 1. The SMILES string of the molecule is NC(=O)C(c1cccc(F)c1F)N1CCCNCC1. The molecule has 2 rings (SSSR count). The first-order valence-electron chi connectivity index (χ1n) is 6.29. The van der Waals surface area contributed by atoms with Crippen LogP contribution in [0.4, 0.5) is 8.78 Å². The van der Waals surface area contributed by atoms with Crippen LogP contribution in [0.1, 0.15) is 18.0 Å². The van der Waals surface area contributed by atoms with Crippen molar-refractivity contribution in [2.24, 2.45) is 5.73 Å². The van der Waals surface area contributed by atoms with Gasteiger partial charge in [0.1, 0.15) is 6.04 Å². The van der Waals surface area contributed by atoms with E-state index in [9.17, 15) is 13.6 Å². The number of nitrogens with two attached hydrogens (primary N) is 1. The van der Waals surface area contributed by atoms with Crippen LogP contribution in [0.25, 0.3) is 0 Å². The average molecular weight is 269 g/mol. The molecule has 0 spiro atoms. The predicted molar refractivity (Wildman–Crippen MR) is 67.4 cm³/mol. The molecule has 19 heavy (non-hydrogen) atoms. The van der Waals surface area contributed by atoms with E-state index >= 15 is 0 Å². The van der Waals surface area contributed by atoms with Gasteiger partial charge in [0.25, 0.3) is 0 Å². The third kappa shape index (κ3) is 3.08. The van der Waals surface area contributed by atoms with E-state index in [1.165, 1.54) is 12.1 Å². The van der Waals surface area contributed by atoms with Crippen LogP contribution in [0, 0.1) is 11.6 Å². The van der Waals surface area contributed by atoms with Gasteiger partial charge in [0, 0.05) is 25.2 Å². The summed E-state index contributed by atoms with van der Waals surface area (Å²) in [5, 5.41) is 3.19. The first-order chi connectivity index (χ1) is 9.11. The molecule has 4 nitrogen and oxygen atoms in total. The normalized spacial score (nSPS) is 18.8. The Hall–Kier alpha value is -1.53. The van der Waals surface area contributed by atoms with Crippen LogP contribution in [0.2, 0.25) is 0 Å². The number of hydrogen-bond donors (Lipinski definition) is 2. The fourth-order valence-electron chi connectivity index (χ4n) is 2.39. The average Bonchev–Trinajstić information content (AvgIpc) is 2.63. The zero-order valence-electron chi connectivity index (χ0n) is 10.5. The molecule has 1 heterocycles. The molecule has 0 bridgehead atoms. The van der Waals surface area contributed by atoms with Crippen molar-refractivity contribution in [2.75, 3.05) is 26.2 Å². The van der Waals surface area contributed by atoms with E-state index in [-0.39, 0.29) is 5.56 Å². The van der Waals surface area contributed by atoms with E-state index in [0.717, 1.165) is 19.0 Å². The van der Waals surface area contributed by atoms with E-state index < -0.39 is 23.6 Å². The van der Waals surface area contributed by atoms with Gasteiger partial charge in [0.2, 0.25) is 5.91 Å². The number of hydrogen-bond acceptors (Lipinski definition) is 3. The van der Waals surface area contributed by atoms with Gasteiger partial charge in [-0.1, -0.05) is 12.1 Å². The second-order valence-corrected chi connectivity index (χ2v) is 4.59. The smallest absolute Gasteiger partial charge is 0.239 e. The monoisotopic (exact) mass is 269 g/mol. The Kier molecular flexibility index (Phi) is 4.44. The summed E-state index contributed by atoms with van der Waals surface area (Å²) in [6, 6.07) is 2.91. The van der Waals surface area contributed by atoms with Gasteiger partial charge in [-0.25, -0.2) is 8.78 Å². The molecule has 1 aliphatic rings. The van der Waals surface area contributed by atoms with Crippen molar-refractivity contribution in [3.63, 3.8) is 0 Å². The third-order valence-corrected chi connectivity index (χ3v) is 3.29. The molecule has 1 saturated heterocycles. The quantitative estimate of drug-likeness (QED) is 0.853. The molecular formula is C13H17F2N3O. The number of nitrogens with one attached hydrogen (secondary N) is 1. The molecule has 1 unspecified atom stereocenters. The van der Waals surface area contributed by atoms with Gasteiger partial charge in [-0.2, -0.15) is 0 Å². The molecular weight excluding hydrogens is 252 g/mol. The summed E-state index contributed by atoms with van der Waals surface area (Å²) in [6.45, 7) is 2.73. The maximum absolute atomic E-state index is 13.8. The number of carbonyl (C=O) groups is 1. The van der Waals surface area contributed by atoms with Crippen LogP contribution in [0.15, 0.2) is 18.2 Å². The molecule has 0 aromatic heterocycles. The van der Waals surface area contributed by atoms with Crippen molar-refractivity contribution in [1.29, 1.82) is 0 Å². The second-order valence-electron chi connectivity index (χ2n) is 4.59. The molecule has 0 saturated carbocycles. The van der Waals surface area contributed by atoms with Gasteiger partial charge in [-0.3, -0.25) is 9.69 Å². The largest absolute Gasteiger partial charge is 0.368 e. The van der Waals surface area contributed by atoms with Crippen molar-refractivity contribution >= 4 is 5.91 Å². The van der Waals surface area contributed by atoms with E-state index in [1.54, 1.807) is 4.90 Å². The Morgan fingerprint density at radius 1 is 1.32 bits per heavy atom. The summed E-state index contributed by atoms with van der Waals surface area (Å²) in [6.07, 6.45) is 0.834.